The highest BCUT2D eigenvalue weighted by Gasteiger charge is 2.74. The molecule has 2 aliphatic carbocycles. The van der Waals surface area contributed by atoms with E-state index in [-0.39, 0.29) is 24.5 Å². The van der Waals surface area contributed by atoms with E-state index in [1.807, 2.05) is 6.92 Å². The van der Waals surface area contributed by atoms with Crippen molar-refractivity contribution in [3.05, 3.63) is 36.3 Å². The summed E-state index contributed by atoms with van der Waals surface area (Å²) < 4.78 is 23.0. The molecule has 8 nitrogen and oxygen atoms in total. The molecule has 5 rings (SSSR count). The largest absolute Gasteiger partial charge is 0.472 e. The first-order valence-electron chi connectivity index (χ1n) is 12.2. The second-order valence-corrected chi connectivity index (χ2v) is 11.7. The molecule has 4 aliphatic rings. The van der Waals surface area contributed by atoms with Gasteiger partial charge in [-0.15, -0.1) is 0 Å². The van der Waals surface area contributed by atoms with Crippen molar-refractivity contribution in [2.24, 2.45) is 28.1 Å². The molecule has 0 aromatic carbocycles. The fourth-order valence-electron chi connectivity index (χ4n) is 8.08. The molecule has 0 amide bonds. The number of Topliss-reactive ketones (excluding diaryl/α,β-unsaturated/α-hetero) is 1. The third-order valence-electron chi connectivity index (χ3n) is 9.96. The molecule has 2 saturated carbocycles. The lowest BCUT2D eigenvalue weighted by molar-refractivity contribution is -0.303. The van der Waals surface area contributed by atoms with E-state index in [1.54, 1.807) is 32.4 Å². The van der Waals surface area contributed by atoms with E-state index in [4.69, 9.17) is 18.6 Å². The van der Waals surface area contributed by atoms with Crippen LogP contribution in [0, 0.1) is 28.1 Å². The van der Waals surface area contributed by atoms with Crippen LogP contribution in [0.5, 0.6) is 0 Å². The zero-order chi connectivity index (χ0) is 25.6. The lowest BCUT2D eigenvalue weighted by Gasteiger charge is -2.70. The fourth-order valence-corrected chi connectivity index (χ4v) is 8.08. The van der Waals surface area contributed by atoms with E-state index < -0.39 is 58.0 Å². The van der Waals surface area contributed by atoms with Crippen molar-refractivity contribution >= 4 is 17.7 Å². The number of ketones is 1. The highest BCUT2D eigenvalue weighted by molar-refractivity contribution is 5.88. The molecule has 4 fully saturated rings. The van der Waals surface area contributed by atoms with Crippen molar-refractivity contribution < 1.29 is 38.1 Å². The molecule has 190 valence electrons. The molecule has 2 aliphatic heterocycles. The highest BCUT2D eigenvalue weighted by atomic mass is 16.6. The van der Waals surface area contributed by atoms with Gasteiger partial charge in [-0.2, -0.15) is 0 Å². The summed E-state index contributed by atoms with van der Waals surface area (Å²) in [6.07, 6.45) is 1.91. The van der Waals surface area contributed by atoms with Crippen LogP contribution in [0.2, 0.25) is 0 Å². The molecular weight excluding hydrogens is 452 g/mol. The van der Waals surface area contributed by atoms with Gasteiger partial charge in [0.05, 0.1) is 32.2 Å². The Morgan fingerprint density at radius 3 is 2.60 bits per heavy atom. The Balaban J connectivity index is 1.65. The monoisotopic (exact) mass is 486 g/mol. The Morgan fingerprint density at radius 1 is 1.26 bits per heavy atom. The Bertz CT molecular complexity index is 1090. The van der Waals surface area contributed by atoms with Gasteiger partial charge in [-0.1, -0.05) is 34.3 Å². The van der Waals surface area contributed by atoms with Crippen LogP contribution in [0.1, 0.15) is 65.0 Å². The minimum absolute atomic E-state index is 0.00156. The maximum Gasteiger partial charge on any atom is 0.335 e. The molecule has 0 unspecified atom stereocenters. The summed E-state index contributed by atoms with van der Waals surface area (Å²) in [6.45, 7) is 12.1. The lowest BCUT2D eigenvalue weighted by Crippen LogP contribution is -2.74. The van der Waals surface area contributed by atoms with E-state index >= 15 is 0 Å². The molecule has 0 radical (unpaired) electrons. The number of cyclic esters (lactones) is 1. The average Bonchev–Trinajstić information content (AvgIpc) is 3.32. The van der Waals surface area contributed by atoms with E-state index in [9.17, 15) is 19.5 Å². The number of hydrogen-bond donors (Lipinski definition) is 1. The summed E-state index contributed by atoms with van der Waals surface area (Å²) >= 11 is 0. The first kappa shape index (κ1) is 24.3. The molecule has 1 aromatic heterocycles. The van der Waals surface area contributed by atoms with Crippen LogP contribution >= 0.6 is 0 Å². The molecule has 35 heavy (non-hydrogen) atoms. The molecule has 2 saturated heterocycles. The van der Waals surface area contributed by atoms with Crippen molar-refractivity contribution in [3.8, 4) is 0 Å². The number of hydrogen-bond acceptors (Lipinski definition) is 8. The third kappa shape index (κ3) is 2.90. The minimum Gasteiger partial charge on any atom is -0.472 e. The topological polar surface area (TPSA) is 112 Å². The van der Waals surface area contributed by atoms with Crippen LogP contribution in [0.25, 0.3) is 0 Å². The average molecular weight is 487 g/mol. The number of carbonyl (C=O) groups is 3. The molecule has 1 aromatic rings. The second kappa shape index (κ2) is 7.53. The summed E-state index contributed by atoms with van der Waals surface area (Å²) in [5.41, 5.74) is -1.92. The summed E-state index contributed by atoms with van der Waals surface area (Å²) in [5, 5.41) is 11.2. The van der Waals surface area contributed by atoms with Crippen LogP contribution in [-0.4, -0.2) is 47.7 Å². The number of aliphatic hydroxyl groups excluding tert-OH is 1. The van der Waals surface area contributed by atoms with E-state index in [1.165, 1.54) is 7.11 Å². The van der Waals surface area contributed by atoms with Crippen molar-refractivity contribution in [1.82, 2.24) is 0 Å². The van der Waals surface area contributed by atoms with Gasteiger partial charge in [-0.3, -0.25) is 9.59 Å². The first-order chi connectivity index (χ1) is 16.3. The van der Waals surface area contributed by atoms with Gasteiger partial charge >= 0.3 is 11.9 Å². The Kier molecular flexibility index (Phi) is 5.22. The third-order valence-corrected chi connectivity index (χ3v) is 9.96. The van der Waals surface area contributed by atoms with Gasteiger partial charge in [0.15, 0.2) is 6.10 Å². The standard InChI is InChI=1S/C27H34O8/c1-14-16-7-9-25(4)22(15-8-10-33-13-15)34-19(29)12-27(14,25)35-18-11-17(28)24(2,3)21(26(16,18)5)20(30)23(31)32-6/h8,10,13,16,18,20-22,30H,1,7,9,11-12H2,2-6H3/t16-,18-,20+,21-,22-,25+,26-,27-/m0/s1. The Morgan fingerprint density at radius 2 is 1.97 bits per heavy atom. The number of fused-ring (bicyclic) bond motifs is 3. The molecule has 3 heterocycles. The van der Waals surface area contributed by atoms with Crippen LogP contribution in [-0.2, 0) is 28.6 Å². The van der Waals surface area contributed by atoms with Crippen LogP contribution < -0.4 is 0 Å². The number of esters is 2. The molecule has 2 bridgehead atoms. The van der Waals surface area contributed by atoms with Gasteiger partial charge in [0.2, 0.25) is 0 Å². The fraction of sp³-hybridized carbons (Fsp3) is 0.667. The van der Waals surface area contributed by atoms with Gasteiger partial charge in [-0.05, 0) is 30.4 Å². The molecule has 1 N–H and O–H groups in total. The maximum atomic E-state index is 13.4. The smallest absolute Gasteiger partial charge is 0.335 e. The number of ether oxygens (including phenoxy) is 3. The number of furan rings is 1. The molecular formula is C27H34O8. The molecule has 8 heteroatoms. The van der Waals surface area contributed by atoms with Crippen LogP contribution in [0.15, 0.2) is 35.2 Å². The first-order valence-corrected chi connectivity index (χ1v) is 12.2. The summed E-state index contributed by atoms with van der Waals surface area (Å²) in [7, 11) is 1.23. The van der Waals surface area contributed by atoms with E-state index in [0.29, 0.717) is 12.8 Å². The normalized spacial score (nSPS) is 43.0. The summed E-state index contributed by atoms with van der Waals surface area (Å²) in [6, 6.07) is 1.79. The van der Waals surface area contributed by atoms with Crippen molar-refractivity contribution in [1.29, 1.82) is 0 Å². The SMILES string of the molecule is C=C1[C@@H]2CC[C@]3(C)[C@H](c4ccoc4)OC(=O)C[C@]13O[C@H]1CC(=O)C(C)(C)[C@H]([C@@H](O)C(=O)OC)[C@]12C. The van der Waals surface area contributed by atoms with Gasteiger partial charge in [0.1, 0.15) is 17.5 Å². The zero-order valence-corrected chi connectivity index (χ0v) is 21.0. The number of rotatable bonds is 3. The summed E-state index contributed by atoms with van der Waals surface area (Å²) in [5.74, 6) is -2.20. The predicted molar refractivity (Wildman–Crippen MR) is 123 cm³/mol. The second-order valence-electron chi connectivity index (χ2n) is 11.7. The van der Waals surface area contributed by atoms with Gasteiger partial charge in [-0.25, -0.2) is 4.79 Å². The lowest BCUT2D eigenvalue weighted by atomic mass is 9.41. The summed E-state index contributed by atoms with van der Waals surface area (Å²) in [4.78, 5) is 39.0. The van der Waals surface area contributed by atoms with Crippen LogP contribution in [0.4, 0.5) is 0 Å². The number of aliphatic hydroxyl groups is 1. The molecule has 8 atom stereocenters. The Hall–Kier alpha value is -2.45. The highest BCUT2D eigenvalue weighted by Crippen LogP contribution is 2.71. The predicted octanol–water partition coefficient (Wildman–Crippen LogP) is 3.53. The van der Waals surface area contributed by atoms with Gasteiger partial charge in [0, 0.05) is 34.1 Å². The van der Waals surface area contributed by atoms with E-state index in [2.05, 4.69) is 13.5 Å². The van der Waals surface area contributed by atoms with Gasteiger partial charge < -0.3 is 23.7 Å². The maximum absolute atomic E-state index is 13.4. The number of carbonyl (C=O) groups excluding carboxylic acids is 3. The van der Waals surface area contributed by atoms with Crippen LogP contribution in [0.3, 0.4) is 0 Å². The van der Waals surface area contributed by atoms with Crippen molar-refractivity contribution in [2.75, 3.05) is 7.11 Å². The molecule has 1 spiro atoms. The number of methoxy groups -OCH3 is 1. The van der Waals surface area contributed by atoms with Gasteiger partial charge in [0.25, 0.3) is 0 Å². The zero-order valence-electron chi connectivity index (χ0n) is 21.0. The Labute approximate surface area is 205 Å². The van der Waals surface area contributed by atoms with Crippen molar-refractivity contribution in [2.45, 2.75) is 77.3 Å². The quantitative estimate of drug-likeness (QED) is 0.510. The minimum atomic E-state index is -1.50. The van der Waals surface area contributed by atoms with Crippen molar-refractivity contribution in [3.63, 3.8) is 0 Å². The van der Waals surface area contributed by atoms with E-state index in [0.717, 1.165) is 11.1 Å².